The number of carbonyl (C=O) groups is 1. The fourth-order valence-corrected chi connectivity index (χ4v) is 1.84. The number of nitrogens with one attached hydrogen (secondary N) is 2. The molecule has 1 fully saturated rings. The Morgan fingerprint density at radius 3 is 3.00 bits per heavy atom. The van der Waals surface area contributed by atoms with E-state index in [0.29, 0.717) is 24.7 Å². The number of amides is 1. The number of rotatable bonds is 7. The highest BCUT2D eigenvalue weighted by Crippen LogP contribution is 2.18. The molecule has 0 saturated heterocycles. The molecule has 1 aliphatic carbocycles. The van der Waals surface area contributed by atoms with E-state index in [1.165, 1.54) is 0 Å². The van der Waals surface area contributed by atoms with Crippen molar-refractivity contribution in [1.82, 2.24) is 15.6 Å². The van der Waals surface area contributed by atoms with E-state index in [1.54, 1.807) is 12.1 Å². The van der Waals surface area contributed by atoms with Crippen molar-refractivity contribution in [3.63, 3.8) is 0 Å². The van der Waals surface area contributed by atoms with Gasteiger partial charge in [0.25, 0.3) is 0 Å². The molecule has 0 radical (unpaired) electrons. The molecule has 5 nitrogen and oxygen atoms in total. The summed E-state index contributed by atoms with van der Waals surface area (Å²) in [7, 11) is 0. The highest BCUT2D eigenvalue weighted by molar-refractivity contribution is 5.76. The molecule has 0 spiro atoms. The van der Waals surface area contributed by atoms with E-state index in [9.17, 15) is 9.90 Å². The predicted molar refractivity (Wildman–Crippen MR) is 72.7 cm³/mol. The molecular formula is C14H21N3O2. The zero-order valence-corrected chi connectivity index (χ0v) is 11.3. The van der Waals surface area contributed by atoms with Gasteiger partial charge in [0, 0.05) is 24.7 Å². The molecule has 0 atom stereocenters. The van der Waals surface area contributed by atoms with Crippen molar-refractivity contribution in [2.75, 3.05) is 6.54 Å². The number of carbonyl (C=O) groups excluding carboxylic acids is 1. The fourth-order valence-electron chi connectivity index (χ4n) is 1.84. The normalized spacial score (nSPS) is 14.4. The smallest absolute Gasteiger partial charge is 0.220 e. The van der Waals surface area contributed by atoms with Gasteiger partial charge >= 0.3 is 0 Å². The maximum absolute atomic E-state index is 11.4. The molecule has 1 aliphatic rings. The quantitative estimate of drug-likeness (QED) is 0.647. The van der Waals surface area contributed by atoms with Crippen LogP contribution in [0.5, 0.6) is 5.75 Å². The van der Waals surface area contributed by atoms with Gasteiger partial charge in [-0.15, -0.1) is 0 Å². The maximum Gasteiger partial charge on any atom is 0.220 e. The summed E-state index contributed by atoms with van der Waals surface area (Å²) in [6, 6.07) is 3.87. The van der Waals surface area contributed by atoms with Crippen molar-refractivity contribution in [1.29, 1.82) is 0 Å². The fraction of sp³-hybridized carbons (Fsp3) is 0.571. The summed E-state index contributed by atoms with van der Waals surface area (Å²) in [5.41, 5.74) is 1.54. The van der Waals surface area contributed by atoms with Gasteiger partial charge in [-0.25, -0.2) is 0 Å². The van der Waals surface area contributed by atoms with Crippen LogP contribution in [0.1, 0.15) is 37.1 Å². The largest absolute Gasteiger partial charge is 0.506 e. The second kappa shape index (κ2) is 6.52. The SMILES string of the molecule is Cc1ccc(O)c(CNCCCC(=O)NC2CC2)n1. The van der Waals surface area contributed by atoms with Gasteiger partial charge in [0.1, 0.15) is 5.75 Å². The highest BCUT2D eigenvalue weighted by atomic mass is 16.3. The summed E-state index contributed by atoms with van der Waals surface area (Å²) in [5.74, 6) is 0.352. The summed E-state index contributed by atoms with van der Waals surface area (Å²) in [6.07, 6.45) is 3.60. The van der Waals surface area contributed by atoms with E-state index in [1.807, 2.05) is 6.92 Å². The molecule has 0 aliphatic heterocycles. The number of pyridine rings is 1. The molecule has 1 heterocycles. The van der Waals surface area contributed by atoms with Crippen molar-refractivity contribution in [2.24, 2.45) is 0 Å². The molecule has 1 amide bonds. The van der Waals surface area contributed by atoms with Crippen molar-refractivity contribution < 1.29 is 9.90 Å². The first-order valence-electron chi connectivity index (χ1n) is 6.81. The highest BCUT2D eigenvalue weighted by Gasteiger charge is 2.22. The van der Waals surface area contributed by atoms with Gasteiger partial charge in [-0.3, -0.25) is 9.78 Å². The monoisotopic (exact) mass is 263 g/mol. The minimum atomic E-state index is 0.140. The first kappa shape index (κ1) is 13.8. The van der Waals surface area contributed by atoms with Crippen LogP contribution in [0.4, 0.5) is 0 Å². The van der Waals surface area contributed by atoms with Crippen LogP contribution in [0.15, 0.2) is 12.1 Å². The van der Waals surface area contributed by atoms with E-state index in [-0.39, 0.29) is 11.7 Å². The van der Waals surface area contributed by atoms with Crippen LogP contribution in [0.3, 0.4) is 0 Å². The van der Waals surface area contributed by atoms with E-state index in [0.717, 1.165) is 31.5 Å². The third-order valence-corrected chi connectivity index (χ3v) is 3.08. The standard InChI is InChI=1S/C14H21N3O2/c1-10-4-7-13(18)12(16-10)9-15-8-2-3-14(19)17-11-5-6-11/h4,7,11,15,18H,2-3,5-6,8-9H2,1H3,(H,17,19). The van der Waals surface area contributed by atoms with Crippen molar-refractivity contribution in [3.8, 4) is 5.75 Å². The minimum absolute atomic E-state index is 0.140. The summed E-state index contributed by atoms with van der Waals surface area (Å²) in [6.45, 7) is 3.16. The minimum Gasteiger partial charge on any atom is -0.506 e. The molecule has 1 saturated carbocycles. The number of hydrogen-bond acceptors (Lipinski definition) is 4. The van der Waals surface area contributed by atoms with E-state index in [2.05, 4.69) is 15.6 Å². The van der Waals surface area contributed by atoms with Crippen LogP contribution in [0.2, 0.25) is 0 Å². The Morgan fingerprint density at radius 2 is 2.26 bits per heavy atom. The van der Waals surface area contributed by atoms with Gasteiger partial charge in [0.05, 0.1) is 5.69 Å². The van der Waals surface area contributed by atoms with Crippen molar-refractivity contribution in [2.45, 2.75) is 45.2 Å². The zero-order chi connectivity index (χ0) is 13.7. The third-order valence-electron chi connectivity index (χ3n) is 3.08. The number of aromatic nitrogens is 1. The second-order valence-electron chi connectivity index (χ2n) is 5.04. The molecule has 19 heavy (non-hydrogen) atoms. The van der Waals surface area contributed by atoms with Gasteiger partial charge in [0.15, 0.2) is 0 Å². The van der Waals surface area contributed by atoms with Gasteiger partial charge in [0.2, 0.25) is 5.91 Å². The zero-order valence-electron chi connectivity index (χ0n) is 11.3. The van der Waals surface area contributed by atoms with E-state index < -0.39 is 0 Å². The average molecular weight is 263 g/mol. The van der Waals surface area contributed by atoms with Crippen molar-refractivity contribution >= 4 is 5.91 Å². The van der Waals surface area contributed by atoms with Crippen LogP contribution in [-0.4, -0.2) is 28.6 Å². The van der Waals surface area contributed by atoms with Crippen molar-refractivity contribution in [3.05, 3.63) is 23.5 Å². The summed E-state index contributed by atoms with van der Waals surface area (Å²) >= 11 is 0. The molecular weight excluding hydrogens is 242 g/mol. The summed E-state index contributed by atoms with van der Waals surface area (Å²) in [5, 5.41) is 15.8. The second-order valence-corrected chi connectivity index (χ2v) is 5.04. The summed E-state index contributed by atoms with van der Waals surface area (Å²) < 4.78 is 0. The Bertz CT molecular complexity index is 444. The van der Waals surface area contributed by atoms with Crippen LogP contribution in [-0.2, 0) is 11.3 Å². The molecule has 2 rings (SSSR count). The number of aromatic hydroxyl groups is 1. The lowest BCUT2D eigenvalue weighted by molar-refractivity contribution is -0.121. The predicted octanol–water partition coefficient (Wildman–Crippen LogP) is 1.24. The lowest BCUT2D eigenvalue weighted by Crippen LogP contribution is -2.26. The molecule has 104 valence electrons. The average Bonchev–Trinajstić information content (AvgIpc) is 3.17. The molecule has 0 aromatic carbocycles. The van der Waals surface area contributed by atoms with Gasteiger partial charge < -0.3 is 15.7 Å². The molecule has 0 unspecified atom stereocenters. The number of hydrogen-bond donors (Lipinski definition) is 3. The third kappa shape index (κ3) is 4.87. The van der Waals surface area contributed by atoms with Gasteiger partial charge in [-0.2, -0.15) is 0 Å². The maximum atomic E-state index is 11.4. The molecule has 3 N–H and O–H groups in total. The van der Waals surface area contributed by atoms with Gasteiger partial charge in [-0.1, -0.05) is 0 Å². The summed E-state index contributed by atoms with van der Waals surface area (Å²) in [4.78, 5) is 15.7. The Balaban J connectivity index is 1.60. The van der Waals surface area contributed by atoms with Gasteiger partial charge in [-0.05, 0) is 44.9 Å². The molecule has 1 aromatic rings. The molecule has 0 bridgehead atoms. The Hall–Kier alpha value is -1.62. The molecule has 1 aromatic heterocycles. The first-order valence-corrected chi connectivity index (χ1v) is 6.81. The lowest BCUT2D eigenvalue weighted by Gasteiger charge is -2.07. The van der Waals surface area contributed by atoms with Crippen LogP contribution in [0, 0.1) is 6.92 Å². The van der Waals surface area contributed by atoms with Crippen LogP contribution < -0.4 is 10.6 Å². The Labute approximate surface area is 113 Å². The van der Waals surface area contributed by atoms with Crippen LogP contribution >= 0.6 is 0 Å². The topological polar surface area (TPSA) is 74.2 Å². The first-order chi connectivity index (χ1) is 9.15. The van der Waals surface area contributed by atoms with E-state index >= 15 is 0 Å². The number of aryl methyl sites for hydroxylation is 1. The molecule has 5 heteroatoms. The Kier molecular flexibility index (Phi) is 4.74. The Morgan fingerprint density at radius 1 is 1.47 bits per heavy atom. The van der Waals surface area contributed by atoms with Crippen LogP contribution in [0.25, 0.3) is 0 Å². The lowest BCUT2D eigenvalue weighted by atomic mass is 10.2. The number of nitrogens with zero attached hydrogens (tertiary/aromatic N) is 1. The van der Waals surface area contributed by atoms with E-state index in [4.69, 9.17) is 0 Å².